The molecule has 3 nitrogen and oxygen atoms in total. The van der Waals surface area contributed by atoms with E-state index in [1.54, 1.807) is 0 Å². The molecular weight excluding hydrogens is 318 g/mol. The van der Waals surface area contributed by atoms with Crippen LogP contribution in [0.25, 0.3) is 10.9 Å². The topological polar surface area (TPSA) is 50.9 Å². The third kappa shape index (κ3) is 4.01. The summed E-state index contributed by atoms with van der Waals surface area (Å²) in [6.07, 6.45) is 10.6. The van der Waals surface area contributed by atoms with Crippen molar-refractivity contribution < 1.29 is 0 Å². The van der Waals surface area contributed by atoms with Gasteiger partial charge in [0.05, 0.1) is 11.7 Å². The van der Waals surface area contributed by atoms with Gasteiger partial charge in [0.15, 0.2) is 0 Å². The molecule has 1 aromatic heterocycles. The maximum Gasteiger partial charge on any atom is 0.0743 e. The fourth-order valence-electron chi connectivity index (χ4n) is 3.61. The zero-order chi connectivity index (χ0) is 16.9. The van der Waals surface area contributed by atoms with E-state index in [-0.39, 0.29) is 6.17 Å². The van der Waals surface area contributed by atoms with Crippen molar-refractivity contribution in [3.8, 4) is 0 Å². The Hall–Kier alpha value is -1.32. The van der Waals surface area contributed by atoms with Crippen molar-refractivity contribution in [3.63, 3.8) is 0 Å². The summed E-state index contributed by atoms with van der Waals surface area (Å²) in [5.74, 6) is 0. The number of fused-ring (bicyclic) bond motifs is 2. The monoisotopic (exact) mass is 345 g/mol. The number of nitrogens with two attached hydrogens (primary N) is 1. The first-order valence-corrected chi connectivity index (χ1v) is 9.70. The molecule has 3 N–H and O–H groups in total. The quantitative estimate of drug-likeness (QED) is 0.519. The lowest BCUT2D eigenvalue weighted by atomic mass is 9.92. The van der Waals surface area contributed by atoms with E-state index in [4.69, 9.17) is 22.3 Å². The minimum Gasteiger partial charge on any atom is -0.369 e. The predicted octanol–water partition coefficient (Wildman–Crippen LogP) is 5.43. The maximum atomic E-state index is 6.38. The van der Waals surface area contributed by atoms with E-state index < -0.39 is 0 Å². The smallest absolute Gasteiger partial charge is 0.0743 e. The van der Waals surface area contributed by atoms with Crippen molar-refractivity contribution >= 4 is 28.2 Å². The van der Waals surface area contributed by atoms with E-state index >= 15 is 0 Å². The Morgan fingerprint density at radius 2 is 2.04 bits per heavy atom. The molecule has 1 heterocycles. The number of aromatic nitrogens is 1. The van der Waals surface area contributed by atoms with Crippen LogP contribution in [0.4, 0.5) is 5.69 Å². The molecule has 4 heteroatoms. The molecule has 0 saturated carbocycles. The largest absolute Gasteiger partial charge is 0.369 e. The van der Waals surface area contributed by atoms with Gasteiger partial charge in [0.2, 0.25) is 0 Å². The molecule has 2 aromatic rings. The third-order valence-corrected chi connectivity index (χ3v) is 5.16. The van der Waals surface area contributed by atoms with Crippen molar-refractivity contribution in [2.75, 3.05) is 5.32 Å². The minimum absolute atomic E-state index is 0.00541. The molecular formula is C20H28ClN3. The van der Waals surface area contributed by atoms with Crippen LogP contribution in [0, 0.1) is 0 Å². The first-order valence-electron chi connectivity index (χ1n) is 9.32. The van der Waals surface area contributed by atoms with Gasteiger partial charge < -0.3 is 11.1 Å². The number of nitrogens with one attached hydrogen (secondary N) is 1. The van der Waals surface area contributed by atoms with Gasteiger partial charge in [0.1, 0.15) is 0 Å². The number of hydrogen-bond donors (Lipinski definition) is 2. The highest BCUT2D eigenvalue weighted by molar-refractivity contribution is 6.31. The van der Waals surface area contributed by atoms with Gasteiger partial charge in [-0.1, -0.05) is 44.2 Å². The molecule has 1 aliphatic carbocycles. The van der Waals surface area contributed by atoms with Crippen molar-refractivity contribution in [2.24, 2.45) is 5.73 Å². The Labute approximate surface area is 150 Å². The summed E-state index contributed by atoms with van der Waals surface area (Å²) in [6.45, 7) is 2.23. The van der Waals surface area contributed by atoms with Gasteiger partial charge >= 0.3 is 0 Å². The van der Waals surface area contributed by atoms with Gasteiger partial charge in [-0.05, 0) is 55.9 Å². The minimum atomic E-state index is -0.00541. The number of aryl methyl sites for hydroxylation is 1. The number of nitrogens with zero attached hydrogens (tertiary/aromatic N) is 1. The fraction of sp³-hybridized carbons (Fsp3) is 0.550. The average molecular weight is 346 g/mol. The highest BCUT2D eigenvalue weighted by Gasteiger charge is 2.19. The lowest BCUT2D eigenvalue weighted by Gasteiger charge is -2.24. The molecule has 1 unspecified atom stereocenters. The van der Waals surface area contributed by atoms with Crippen LogP contribution in [0.15, 0.2) is 18.2 Å². The van der Waals surface area contributed by atoms with Crippen LogP contribution in [0.3, 0.4) is 0 Å². The Morgan fingerprint density at radius 3 is 2.88 bits per heavy atom. The molecule has 1 aromatic carbocycles. The number of halogens is 1. The predicted molar refractivity (Wildman–Crippen MR) is 104 cm³/mol. The second-order valence-electron chi connectivity index (χ2n) is 6.88. The summed E-state index contributed by atoms with van der Waals surface area (Å²) in [5.41, 5.74) is 11.1. The number of hydrogen-bond acceptors (Lipinski definition) is 3. The molecule has 0 saturated heterocycles. The van der Waals surface area contributed by atoms with Gasteiger partial charge in [-0.3, -0.25) is 4.98 Å². The van der Waals surface area contributed by atoms with Crippen molar-refractivity contribution in [2.45, 2.75) is 70.9 Å². The Morgan fingerprint density at radius 1 is 1.21 bits per heavy atom. The van der Waals surface area contributed by atoms with E-state index in [2.05, 4.69) is 18.3 Å². The first kappa shape index (κ1) is 17.5. The van der Waals surface area contributed by atoms with Crippen LogP contribution in [-0.4, -0.2) is 11.1 Å². The van der Waals surface area contributed by atoms with E-state index in [1.807, 2.05) is 12.1 Å². The average Bonchev–Trinajstić information content (AvgIpc) is 2.58. The molecule has 1 aliphatic rings. The Balaban J connectivity index is 1.87. The van der Waals surface area contributed by atoms with Crippen molar-refractivity contribution in [1.29, 1.82) is 0 Å². The molecule has 0 spiro atoms. The maximum absolute atomic E-state index is 6.38. The van der Waals surface area contributed by atoms with Crippen molar-refractivity contribution in [1.82, 2.24) is 4.98 Å². The van der Waals surface area contributed by atoms with Crippen LogP contribution in [0.2, 0.25) is 5.02 Å². The highest BCUT2D eigenvalue weighted by Crippen LogP contribution is 2.34. The number of unbranched alkanes of at least 4 members (excludes halogenated alkanes) is 3. The molecule has 0 radical (unpaired) electrons. The van der Waals surface area contributed by atoms with Gasteiger partial charge in [-0.2, -0.15) is 0 Å². The zero-order valence-corrected chi connectivity index (χ0v) is 15.3. The van der Waals surface area contributed by atoms with Gasteiger partial charge in [0, 0.05) is 21.8 Å². The zero-order valence-electron chi connectivity index (χ0n) is 14.6. The molecule has 3 rings (SSSR count). The number of anilines is 1. The summed E-state index contributed by atoms with van der Waals surface area (Å²) >= 11 is 6.17. The van der Waals surface area contributed by atoms with Crippen molar-refractivity contribution in [3.05, 3.63) is 34.5 Å². The number of pyridine rings is 1. The summed E-state index contributed by atoms with van der Waals surface area (Å²) in [5, 5.41) is 5.48. The normalized spacial score (nSPS) is 15.3. The van der Waals surface area contributed by atoms with E-state index in [1.165, 1.54) is 55.5 Å². The van der Waals surface area contributed by atoms with Crippen LogP contribution < -0.4 is 11.1 Å². The summed E-state index contributed by atoms with van der Waals surface area (Å²) < 4.78 is 0. The fourth-order valence-corrected chi connectivity index (χ4v) is 3.78. The molecule has 0 amide bonds. The lowest BCUT2D eigenvalue weighted by Crippen LogP contribution is -2.30. The molecule has 130 valence electrons. The number of rotatable bonds is 7. The molecule has 1 atom stereocenters. The summed E-state index contributed by atoms with van der Waals surface area (Å²) in [6, 6.07) is 5.98. The van der Waals surface area contributed by atoms with Crippen LogP contribution in [-0.2, 0) is 12.8 Å². The second-order valence-corrected chi connectivity index (χ2v) is 7.32. The van der Waals surface area contributed by atoms with Gasteiger partial charge in [-0.25, -0.2) is 0 Å². The van der Waals surface area contributed by atoms with Crippen LogP contribution in [0.5, 0.6) is 0 Å². The third-order valence-electron chi connectivity index (χ3n) is 4.92. The summed E-state index contributed by atoms with van der Waals surface area (Å²) in [4.78, 5) is 4.87. The van der Waals surface area contributed by atoms with Gasteiger partial charge in [0.25, 0.3) is 0 Å². The molecule has 0 aliphatic heterocycles. The Kier molecular flexibility index (Phi) is 5.96. The number of benzene rings is 1. The van der Waals surface area contributed by atoms with E-state index in [9.17, 15) is 0 Å². The SMILES string of the molecule is CCCCCCC(N)Nc1c2c(nc3cc(Cl)ccc13)CCCC2. The van der Waals surface area contributed by atoms with Crippen LogP contribution >= 0.6 is 11.6 Å². The van der Waals surface area contributed by atoms with Crippen LogP contribution in [0.1, 0.15) is 63.1 Å². The first-order chi connectivity index (χ1) is 11.7. The Bertz CT molecular complexity index is 699. The van der Waals surface area contributed by atoms with E-state index in [0.717, 1.165) is 35.2 Å². The highest BCUT2D eigenvalue weighted by atomic mass is 35.5. The lowest BCUT2D eigenvalue weighted by molar-refractivity contribution is 0.581. The van der Waals surface area contributed by atoms with E-state index in [0.29, 0.717) is 0 Å². The standard InChI is InChI=1S/C20H28ClN3/c1-2-3-4-5-10-19(22)24-20-15-8-6-7-9-17(15)23-18-13-14(21)11-12-16(18)20/h11-13,19H,2-10,22H2,1H3,(H,23,24). The summed E-state index contributed by atoms with van der Waals surface area (Å²) in [7, 11) is 0. The molecule has 24 heavy (non-hydrogen) atoms. The second kappa shape index (κ2) is 8.17. The molecule has 0 bridgehead atoms. The van der Waals surface area contributed by atoms with Gasteiger partial charge in [-0.15, -0.1) is 0 Å². The molecule has 0 fully saturated rings.